The molecular formula is C19H30N2O3. The van der Waals surface area contributed by atoms with E-state index in [-0.39, 0.29) is 5.91 Å². The Kier molecular flexibility index (Phi) is 6.60. The van der Waals surface area contributed by atoms with Crippen LogP contribution in [-0.2, 0) is 9.53 Å². The molecule has 1 heterocycles. The molecule has 0 aromatic carbocycles. The summed E-state index contributed by atoms with van der Waals surface area (Å²) in [6, 6.07) is 3.66. The smallest absolute Gasteiger partial charge is 0.256 e. The zero-order valence-corrected chi connectivity index (χ0v) is 15.4. The first kappa shape index (κ1) is 18.7. The Hall–Kier alpha value is -1.62. The molecule has 0 spiro atoms. The summed E-state index contributed by atoms with van der Waals surface area (Å²) in [4.78, 5) is 17.4. The van der Waals surface area contributed by atoms with Crippen molar-refractivity contribution in [1.82, 2.24) is 4.98 Å². The monoisotopic (exact) mass is 334 g/mol. The van der Waals surface area contributed by atoms with Gasteiger partial charge in [-0.25, -0.2) is 4.98 Å². The summed E-state index contributed by atoms with van der Waals surface area (Å²) in [5.74, 6) is 1.04. The first-order valence-electron chi connectivity index (χ1n) is 9.06. The van der Waals surface area contributed by atoms with Gasteiger partial charge >= 0.3 is 0 Å². The van der Waals surface area contributed by atoms with Gasteiger partial charge < -0.3 is 14.8 Å². The van der Waals surface area contributed by atoms with Gasteiger partial charge in [-0.05, 0) is 51.5 Å². The summed E-state index contributed by atoms with van der Waals surface area (Å²) < 4.78 is 11.5. The third-order valence-corrected chi connectivity index (χ3v) is 4.55. The van der Waals surface area contributed by atoms with E-state index in [0.29, 0.717) is 25.0 Å². The normalized spacial score (nSPS) is 23.8. The summed E-state index contributed by atoms with van der Waals surface area (Å²) >= 11 is 0. The molecular weight excluding hydrogens is 304 g/mol. The Morgan fingerprint density at radius 2 is 2.21 bits per heavy atom. The highest BCUT2D eigenvalue weighted by Gasteiger charge is 2.42. The van der Waals surface area contributed by atoms with E-state index in [1.807, 2.05) is 19.9 Å². The van der Waals surface area contributed by atoms with Gasteiger partial charge in [-0.3, -0.25) is 4.79 Å². The number of aryl methyl sites for hydroxylation is 1. The summed E-state index contributed by atoms with van der Waals surface area (Å²) in [5.41, 5.74) is 0.768. The third-order valence-electron chi connectivity index (χ3n) is 4.55. The summed E-state index contributed by atoms with van der Waals surface area (Å²) in [6.45, 7) is 9.25. The molecule has 0 radical (unpaired) electrons. The molecule has 1 N–H and O–H groups in total. The molecule has 1 amide bonds. The van der Waals surface area contributed by atoms with Crippen molar-refractivity contribution < 1.29 is 14.3 Å². The molecule has 0 aliphatic heterocycles. The lowest BCUT2D eigenvalue weighted by Gasteiger charge is -2.38. The highest BCUT2D eigenvalue weighted by molar-refractivity contribution is 5.97. The molecule has 5 nitrogen and oxygen atoms in total. The average Bonchev–Trinajstić information content (AvgIpc) is 2.55. The maximum absolute atomic E-state index is 12.9. The van der Waals surface area contributed by atoms with Crippen LogP contribution in [0.15, 0.2) is 12.1 Å². The lowest BCUT2D eigenvalue weighted by molar-refractivity contribution is -0.147. The molecule has 1 fully saturated rings. The molecule has 1 aromatic heterocycles. The van der Waals surface area contributed by atoms with Crippen molar-refractivity contribution >= 4 is 11.6 Å². The Bertz CT molecular complexity index is 558. The largest absolute Gasteiger partial charge is 0.478 e. The number of carbonyl (C=O) groups excluding carboxylic acids is 1. The number of ether oxygens (including phenoxy) is 2. The summed E-state index contributed by atoms with van der Waals surface area (Å²) in [7, 11) is 0. The second-order valence-electron chi connectivity index (χ2n) is 6.71. The Morgan fingerprint density at radius 3 is 2.83 bits per heavy atom. The van der Waals surface area contributed by atoms with Crippen LogP contribution in [0, 0.1) is 12.8 Å². The second-order valence-corrected chi connectivity index (χ2v) is 6.71. The van der Waals surface area contributed by atoms with E-state index in [2.05, 4.69) is 24.1 Å². The van der Waals surface area contributed by atoms with Crippen molar-refractivity contribution in [2.24, 2.45) is 5.92 Å². The number of amides is 1. The molecule has 1 saturated carbocycles. The maximum Gasteiger partial charge on any atom is 0.256 e. The number of nitrogens with zero attached hydrogens (tertiary/aromatic N) is 1. The highest BCUT2D eigenvalue weighted by Crippen LogP contribution is 2.36. The zero-order chi connectivity index (χ0) is 17.6. The van der Waals surface area contributed by atoms with Crippen LogP contribution in [0.1, 0.15) is 58.6 Å². The summed E-state index contributed by atoms with van der Waals surface area (Å²) in [5, 5.41) is 3.03. The molecule has 5 heteroatoms. The first-order valence-corrected chi connectivity index (χ1v) is 9.06. The molecule has 0 saturated heterocycles. The predicted octanol–water partition coefficient (Wildman–Crippen LogP) is 4.10. The van der Waals surface area contributed by atoms with Gasteiger partial charge in [0.2, 0.25) is 5.88 Å². The van der Waals surface area contributed by atoms with Crippen molar-refractivity contribution in [2.75, 3.05) is 18.5 Å². The van der Waals surface area contributed by atoms with Crippen LogP contribution in [0.25, 0.3) is 0 Å². The van der Waals surface area contributed by atoms with Gasteiger partial charge in [-0.2, -0.15) is 0 Å². The average molecular weight is 334 g/mol. The number of rotatable bonds is 7. The number of pyridine rings is 1. The van der Waals surface area contributed by atoms with Crippen LogP contribution in [0.5, 0.6) is 5.88 Å². The van der Waals surface area contributed by atoms with Gasteiger partial charge in [0.1, 0.15) is 5.60 Å². The molecule has 2 atom stereocenters. The van der Waals surface area contributed by atoms with Crippen molar-refractivity contribution in [2.45, 2.75) is 65.4 Å². The van der Waals surface area contributed by atoms with Gasteiger partial charge in [0.25, 0.3) is 5.91 Å². The maximum atomic E-state index is 12.9. The lowest BCUT2D eigenvalue weighted by atomic mass is 9.78. The Morgan fingerprint density at radius 1 is 1.42 bits per heavy atom. The van der Waals surface area contributed by atoms with Crippen LogP contribution in [0.4, 0.5) is 5.69 Å². The van der Waals surface area contributed by atoms with Crippen LogP contribution < -0.4 is 10.1 Å². The minimum absolute atomic E-state index is 0.0528. The minimum atomic E-state index is -0.712. The molecule has 1 aliphatic rings. The Labute approximate surface area is 145 Å². The molecule has 134 valence electrons. The topological polar surface area (TPSA) is 60.5 Å². The number of hydrogen-bond acceptors (Lipinski definition) is 4. The number of carbonyl (C=O) groups is 1. The van der Waals surface area contributed by atoms with E-state index in [9.17, 15) is 4.79 Å². The van der Waals surface area contributed by atoms with Gasteiger partial charge in [-0.15, -0.1) is 0 Å². The predicted molar refractivity (Wildman–Crippen MR) is 95.4 cm³/mol. The van der Waals surface area contributed by atoms with E-state index in [1.165, 1.54) is 0 Å². The minimum Gasteiger partial charge on any atom is -0.478 e. The van der Waals surface area contributed by atoms with E-state index in [4.69, 9.17) is 9.47 Å². The van der Waals surface area contributed by atoms with Crippen molar-refractivity contribution in [3.05, 3.63) is 17.8 Å². The van der Waals surface area contributed by atoms with E-state index in [1.54, 1.807) is 6.07 Å². The van der Waals surface area contributed by atoms with Crippen LogP contribution in [0.3, 0.4) is 0 Å². The standard InChI is InChI=1S/C19H30N2O3/c1-5-12-23-17-10-9-16(15(4)20-17)21-18(22)19(24-6-2)11-7-8-14(3)13-19/h9-10,14H,5-8,11-13H2,1-4H3,(H,21,22)/t14-,19+/m0/s1. The van der Waals surface area contributed by atoms with Crippen LogP contribution in [0.2, 0.25) is 0 Å². The lowest BCUT2D eigenvalue weighted by Crippen LogP contribution is -2.48. The first-order chi connectivity index (χ1) is 11.5. The van der Waals surface area contributed by atoms with Gasteiger partial charge in [0.05, 0.1) is 18.0 Å². The fourth-order valence-corrected chi connectivity index (χ4v) is 3.38. The van der Waals surface area contributed by atoms with Gasteiger partial charge in [0, 0.05) is 12.7 Å². The van der Waals surface area contributed by atoms with E-state index >= 15 is 0 Å². The number of anilines is 1. The quantitative estimate of drug-likeness (QED) is 0.815. The summed E-state index contributed by atoms with van der Waals surface area (Å²) in [6.07, 6.45) is 4.67. The molecule has 0 bridgehead atoms. The van der Waals surface area contributed by atoms with Gasteiger partial charge in [0.15, 0.2) is 0 Å². The number of aromatic nitrogens is 1. The Balaban J connectivity index is 2.11. The highest BCUT2D eigenvalue weighted by atomic mass is 16.5. The fourth-order valence-electron chi connectivity index (χ4n) is 3.38. The third kappa shape index (κ3) is 4.47. The molecule has 0 unspecified atom stereocenters. The van der Waals surface area contributed by atoms with Crippen molar-refractivity contribution in [3.63, 3.8) is 0 Å². The van der Waals surface area contributed by atoms with E-state index < -0.39 is 5.60 Å². The zero-order valence-electron chi connectivity index (χ0n) is 15.4. The van der Waals surface area contributed by atoms with Crippen molar-refractivity contribution in [1.29, 1.82) is 0 Å². The second kappa shape index (κ2) is 8.47. The van der Waals surface area contributed by atoms with Crippen molar-refractivity contribution in [3.8, 4) is 5.88 Å². The van der Waals surface area contributed by atoms with E-state index in [0.717, 1.165) is 43.5 Å². The number of hydrogen-bond donors (Lipinski definition) is 1. The molecule has 1 aromatic rings. The SMILES string of the molecule is CCCOc1ccc(NC(=O)[C@@]2(OCC)CCC[C@H](C)C2)c(C)n1. The molecule has 1 aliphatic carbocycles. The van der Waals surface area contributed by atoms with Gasteiger partial charge in [-0.1, -0.05) is 20.3 Å². The molecule has 2 rings (SSSR count). The fraction of sp³-hybridized carbons (Fsp3) is 0.684. The van der Waals surface area contributed by atoms with Crippen LogP contribution in [-0.4, -0.2) is 29.7 Å². The van der Waals surface area contributed by atoms with Crippen LogP contribution >= 0.6 is 0 Å². The molecule has 24 heavy (non-hydrogen) atoms. The number of nitrogens with one attached hydrogen (secondary N) is 1.